The van der Waals surface area contributed by atoms with E-state index in [1.54, 1.807) is 48.5 Å². The van der Waals surface area contributed by atoms with Crippen LogP contribution < -0.4 is 5.32 Å². The van der Waals surface area contributed by atoms with E-state index in [4.69, 9.17) is 11.6 Å². The summed E-state index contributed by atoms with van der Waals surface area (Å²) in [6, 6.07) is 15.0. The molecule has 0 aliphatic carbocycles. The molecule has 0 aliphatic rings. The number of allylic oxidation sites excluding steroid dienone is 1. The van der Waals surface area contributed by atoms with E-state index >= 15 is 0 Å². The minimum absolute atomic E-state index is 0.193. The van der Waals surface area contributed by atoms with E-state index in [9.17, 15) is 14.7 Å². The summed E-state index contributed by atoms with van der Waals surface area (Å²) in [4.78, 5) is 23.3. The van der Waals surface area contributed by atoms with E-state index in [1.165, 1.54) is 0 Å². The third-order valence-electron chi connectivity index (χ3n) is 2.69. The molecule has 2 aromatic carbocycles. The van der Waals surface area contributed by atoms with Crippen molar-refractivity contribution >= 4 is 29.0 Å². The van der Waals surface area contributed by atoms with Crippen LogP contribution in [0, 0.1) is 0 Å². The van der Waals surface area contributed by atoms with Crippen LogP contribution in [0.1, 0.15) is 10.4 Å². The number of benzene rings is 2. The standard InChI is InChI=1S/C16H12ClNO3/c17-12-8-6-11(7-9-12)15(19)10-14(16(20)21)18-13-4-2-1-3-5-13/h1-10,18H,(H,20,21)/b14-10-. The minimum atomic E-state index is -1.21. The largest absolute Gasteiger partial charge is 0.477 e. The lowest BCUT2D eigenvalue weighted by atomic mass is 10.1. The van der Waals surface area contributed by atoms with Gasteiger partial charge in [0.2, 0.25) is 0 Å². The van der Waals surface area contributed by atoms with Crippen LogP contribution in [-0.4, -0.2) is 16.9 Å². The maximum Gasteiger partial charge on any atom is 0.352 e. The van der Waals surface area contributed by atoms with Crippen LogP contribution >= 0.6 is 11.6 Å². The summed E-state index contributed by atoms with van der Waals surface area (Å²) in [5, 5.41) is 12.4. The molecular formula is C16H12ClNO3. The Hall–Kier alpha value is -2.59. The number of ketones is 1. The van der Waals surface area contributed by atoms with Gasteiger partial charge >= 0.3 is 5.97 Å². The van der Waals surface area contributed by atoms with E-state index in [0.717, 1.165) is 6.08 Å². The minimum Gasteiger partial charge on any atom is -0.477 e. The molecule has 0 saturated heterocycles. The Labute approximate surface area is 126 Å². The van der Waals surface area contributed by atoms with Gasteiger partial charge in [-0.05, 0) is 36.4 Å². The molecule has 4 nitrogen and oxygen atoms in total. The number of para-hydroxylation sites is 1. The van der Waals surface area contributed by atoms with E-state index in [2.05, 4.69) is 5.32 Å². The number of nitrogens with one attached hydrogen (secondary N) is 1. The molecule has 0 amide bonds. The summed E-state index contributed by atoms with van der Waals surface area (Å²) in [7, 11) is 0. The molecule has 5 heteroatoms. The zero-order valence-electron chi connectivity index (χ0n) is 10.9. The number of halogens is 1. The summed E-state index contributed by atoms with van der Waals surface area (Å²) < 4.78 is 0. The first-order valence-electron chi connectivity index (χ1n) is 6.13. The number of hydrogen-bond donors (Lipinski definition) is 2. The fraction of sp³-hybridized carbons (Fsp3) is 0. The molecule has 0 fully saturated rings. The smallest absolute Gasteiger partial charge is 0.352 e. The summed E-state index contributed by atoms with van der Waals surface area (Å²) in [6.45, 7) is 0. The molecule has 2 aromatic rings. The second kappa shape index (κ2) is 6.72. The predicted molar refractivity (Wildman–Crippen MR) is 81.6 cm³/mol. The van der Waals surface area contributed by atoms with Gasteiger partial charge in [0.05, 0.1) is 0 Å². The SMILES string of the molecule is O=C(O)/C(=C/C(=O)c1ccc(Cl)cc1)Nc1ccccc1. The fourth-order valence-electron chi connectivity index (χ4n) is 1.66. The lowest BCUT2D eigenvalue weighted by Gasteiger charge is -2.06. The molecule has 0 bridgehead atoms. The molecule has 0 radical (unpaired) electrons. The van der Waals surface area contributed by atoms with Crippen molar-refractivity contribution in [3.63, 3.8) is 0 Å². The highest BCUT2D eigenvalue weighted by atomic mass is 35.5. The van der Waals surface area contributed by atoms with Crippen LogP contribution in [0.25, 0.3) is 0 Å². The number of aliphatic carboxylic acids is 1. The lowest BCUT2D eigenvalue weighted by Crippen LogP contribution is -2.12. The number of rotatable bonds is 5. The Balaban J connectivity index is 2.23. The molecule has 0 aromatic heterocycles. The number of anilines is 1. The maximum absolute atomic E-state index is 12.0. The molecule has 2 N–H and O–H groups in total. The maximum atomic E-state index is 12.0. The molecule has 106 valence electrons. The van der Waals surface area contributed by atoms with Crippen molar-refractivity contribution in [1.82, 2.24) is 0 Å². The number of carboxylic acid groups (broad SMARTS) is 1. The first kappa shape index (κ1) is 14.8. The predicted octanol–water partition coefficient (Wildman–Crippen LogP) is 3.60. The van der Waals surface area contributed by atoms with Gasteiger partial charge in [-0.25, -0.2) is 4.79 Å². The van der Waals surface area contributed by atoms with Crippen molar-refractivity contribution in [2.45, 2.75) is 0 Å². The number of hydrogen-bond acceptors (Lipinski definition) is 3. The topological polar surface area (TPSA) is 66.4 Å². The zero-order valence-corrected chi connectivity index (χ0v) is 11.7. The van der Waals surface area contributed by atoms with Crippen LogP contribution in [0.5, 0.6) is 0 Å². The van der Waals surface area contributed by atoms with Gasteiger partial charge in [0.1, 0.15) is 5.70 Å². The number of carboxylic acids is 1. The highest BCUT2D eigenvalue weighted by Gasteiger charge is 2.11. The summed E-state index contributed by atoms with van der Waals surface area (Å²) in [5.74, 6) is -1.62. The molecule has 0 unspecified atom stereocenters. The molecule has 0 spiro atoms. The van der Waals surface area contributed by atoms with Gasteiger partial charge in [-0.1, -0.05) is 29.8 Å². The highest BCUT2D eigenvalue weighted by molar-refractivity contribution is 6.30. The van der Waals surface area contributed by atoms with Crippen LogP contribution in [0.15, 0.2) is 66.4 Å². The third kappa shape index (κ3) is 4.19. The lowest BCUT2D eigenvalue weighted by molar-refractivity contribution is -0.132. The van der Waals surface area contributed by atoms with E-state index in [1.807, 2.05) is 6.07 Å². The van der Waals surface area contributed by atoms with Gasteiger partial charge in [0.15, 0.2) is 5.78 Å². The monoisotopic (exact) mass is 301 g/mol. The van der Waals surface area contributed by atoms with Gasteiger partial charge in [0, 0.05) is 22.3 Å². The Kier molecular flexibility index (Phi) is 4.74. The second-order valence-corrected chi connectivity index (χ2v) is 4.66. The second-order valence-electron chi connectivity index (χ2n) is 4.23. The summed E-state index contributed by atoms with van der Waals surface area (Å²) in [5.41, 5.74) is 0.768. The molecule has 0 aliphatic heterocycles. The van der Waals surface area contributed by atoms with Crippen molar-refractivity contribution in [3.05, 3.63) is 77.0 Å². The number of carbonyl (C=O) groups excluding carboxylic acids is 1. The van der Waals surface area contributed by atoms with E-state index < -0.39 is 11.8 Å². The van der Waals surface area contributed by atoms with Crippen LogP contribution in [0.3, 0.4) is 0 Å². The summed E-state index contributed by atoms with van der Waals surface area (Å²) in [6.07, 6.45) is 1.05. The van der Waals surface area contributed by atoms with Crippen LogP contribution in [0.4, 0.5) is 5.69 Å². The Bertz CT molecular complexity index is 678. The molecule has 2 rings (SSSR count). The van der Waals surface area contributed by atoms with Crippen molar-refractivity contribution < 1.29 is 14.7 Å². The average Bonchev–Trinajstić information content (AvgIpc) is 2.48. The molecule has 0 saturated carbocycles. The van der Waals surface area contributed by atoms with Gasteiger partial charge in [-0.15, -0.1) is 0 Å². The van der Waals surface area contributed by atoms with Crippen LogP contribution in [-0.2, 0) is 4.79 Å². The van der Waals surface area contributed by atoms with Crippen molar-refractivity contribution in [3.8, 4) is 0 Å². The van der Waals surface area contributed by atoms with Gasteiger partial charge in [-0.3, -0.25) is 4.79 Å². The van der Waals surface area contributed by atoms with Gasteiger partial charge in [0.25, 0.3) is 0 Å². The first-order valence-corrected chi connectivity index (χ1v) is 6.51. The molecular weight excluding hydrogens is 290 g/mol. The van der Waals surface area contributed by atoms with Crippen LogP contribution in [0.2, 0.25) is 5.02 Å². The molecule has 0 heterocycles. The molecule has 21 heavy (non-hydrogen) atoms. The van der Waals surface area contributed by atoms with E-state index in [-0.39, 0.29) is 5.70 Å². The van der Waals surface area contributed by atoms with Crippen molar-refractivity contribution in [2.75, 3.05) is 5.32 Å². The third-order valence-corrected chi connectivity index (χ3v) is 2.94. The number of carbonyl (C=O) groups is 2. The Morgan fingerprint density at radius 2 is 1.62 bits per heavy atom. The average molecular weight is 302 g/mol. The van der Waals surface area contributed by atoms with Gasteiger partial charge in [-0.2, -0.15) is 0 Å². The first-order chi connectivity index (χ1) is 10.1. The Morgan fingerprint density at radius 3 is 2.19 bits per heavy atom. The van der Waals surface area contributed by atoms with Crippen molar-refractivity contribution in [1.29, 1.82) is 0 Å². The van der Waals surface area contributed by atoms with E-state index in [0.29, 0.717) is 16.3 Å². The van der Waals surface area contributed by atoms with Crippen molar-refractivity contribution in [2.24, 2.45) is 0 Å². The summed E-state index contributed by atoms with van der Waals surface area (Å²) >= 11 is 5.75. The van der Waals surface area contributed by atoms with Gasteiger partial charge < -0.3 is 10.4 Å². The normalized spacial score (nSPS) is 11.0. The fourth-order valence-corrected chi connectivity index (χ4v) is 1.78. The Morgan fingerprint density at radius 1 is 1.00 bits per heavy atom. The highest BCUT2D eigenvalue weighted by Crippen LogP contribution is 2.13. The quantitative estimate of drug-likeness (QED) is 0.654. The molecule has 0 atom stereocenters. The zero-order chi connectivity index (χ0) is 15.2.